The molecule has 1 saturated heterocycles. The zero-order valence-electron chi connectivity index (χ0n) is 23.0. The monoisotopic (exact) mass is 553 g/mol. The van der Waals surface area contributed by atoms with Crippen molar-refractivity contribution in [3.05, 3.63) is 101 Å². The van der Waals surface area contributed by atoms with Gasteiger partial charge in [-0.15, -0.1) is 0 Å². The van der Waals surface area contributed by atoms with E-state index in [4.69, 9.17) is 0 Å². The standard InChI is InChI=1S/C32H29F2N5O2/c1-30(2)28(40)39(31(3,17-37-30)22-12-23(33)14-24(34)13-22)18-38-27-25(7-5-9-36-27)32(29(38)41)15-20-10-19-6-4-8-35-26(19)11-21(20)16-32/h4-14,37H,15-18H2,1-3H3/t31-,32-/m0/s1. The van der Waals surface area contributed by atoms with Crippen LogP contribution in [0.4, 0.5) is 14.6 Å². The average Bonchev–Trinajstić information content (AvgIpc) is 3.42. The minimum Gasteiger partial charge on any atom is -0.312 e. The molecule has 41 heavy (non-hydrogen) atoms. The molecule has 2 aliphatic heterocycles. The van der Waals surface area contributed by atoms with Crippen molar-refractivity contribution >= 4 is 28.5 Å². The Labute approximate surface area is 236 Å². The van der Waals surface area contributed by atoms with E-state index in [1.54, 1.807) is 43.0 Å². The van der Waals surface area contributed by atoms with Crippen LogP contribution < -0.4 is 10.2 Å². The molecule has 4 heterocycles. The zero-order valence-corrected chi connectivity index (χ0v) is 23.0. The summed E-state index contributed by atoms with van der Waals surface area (Å²) in [4.78, 5) is 40.7. The van der Waals surface area contributed by atoms with Crippen molar-refractivity contribution in [3.63, 3.8) is 0 Å². The number of benzene rings is 2. The summed E-state index contributed by atoms with van der Waals surface area (Å²) in [5, 5.41) is 4.25. The van der Waals surface area contributed by atoms with Crippen molar-refractivity contribution in [1.82, 2.24) is 20.2 Å². The number of hydrogen-bond donors (Lipinski definition) is 1. The van der Waals surface area contributed by atoms with E-state index in [1.807, 2.05) is 24.3 Å². The highest BCUT2D eigenvalue weighted by Gasteiger charge is 2.57. The van der Waals surface area contributed by atoms with Crippen LogP contribution in [-0.2, 0) is 33.4 Å². The predicted molar refractivity (Wildman–Crippen MR) is 150 cm³/mol. The highest BCUT2D eigenvalue weighted by Crippen LogP contribution is 2.50. The van der Waals surface area contributed by atoms with Gasteiger partial charge in [-0.25, -0.2) is 13.8 Å². The lowest BCUT2D eigenvalue weighted by Crippen LogP contribution is -2.70. The summed E-state index contributed by atoms with van der Waals surface area (Å²) >= 11 is 0. The van der Waals surface area contributed by atoms with E-state index in [1.165, 1.54) is 12.1 Å². The van der Waals surface area contributed by atoms with Gasteiger partial charge in [-0.3, -0.25) is 19.5 Å². The molecule has 2 aromatic carbocycles. The summed E-state index contributed by atoms with van der Waals surface area (Å²) in [7, 11) is 0. The van der Waals surface area contributed by atoms with Gasteiger partial charge in [0.25, 0.3) is 0 Å². The van der Waals surface area contributed by atoms with Gasteiger partial charge in [-0.1, -0.05) is 12.1 Å². The molecule has 1 N–H and O–H groups in total. The SMILES string of the molecule is CC1(C)NC[C@@](C)(c2cc(F)cc(F)c2)N(CN2C(=O)[C@]3(Cc4cc5cccnc5cc4C3)c3cccnc32)C1=O. The molecule has 2 amide bonds. The number of piperazine rings is 1. The second kappa shape index (κ2) is 8.63. The molecule has 0 bridgehead atoms. The number of nitrogens with one attached hydrogen (secondary N) is 1. The van der Waals surface area contributed by atoms with Crippen molar-refractivity contribution in [1.29, 1.82) is 0 Å². The van der Waals surface area contributed by atoms with E-state index >= 15 is 0 Å². The summed E-state index contributed by atoms with van der Waals surface area (Å²) in [5.41, 5.74) is 1.22. The van der Waals surface area contributed by atoms with E-state index in [-0.39, 0.29) is 25.0 Å². The number of halogens is 2. The maximum atomic E-state index is 14.5. The summed E-state index contributed by atoms with van der Waals surface area (Å²) in [5.74, 6) is -1.38. The Morgan fingerprint density at radius 3 is 2.32 bits per heavy atom. The number of rotatable bonds is 3. The van der Waals surface area contributed by atoms with Gasteiger partial charge in [0.1, 0.15) is 24.1 Å². The van der Waals surface area contributed by atoms with Crippen molar-refractivity contribution in [2.45, 2.75) is 50.1 Å². The number of hydrogen-bond acceptors (Lipinski definition) is 5. The fraction of sp³-hybridized carbons (Fsp3) is 0.312. The van der Waals surface area contributed by atoms with Crippen LogP contribution in [0.3, 0.4) is 0 Å². The topological polar surface area (TPSA) is 78.4 Å². The van der Waals surface area contributed by atoms with Gasteiger partial charge in [0.15, 0.2) is 0 Å². The third-order valence-corrected chi connectivity index (χ3v) is 9.14. The number of carbonyl (C=O) groups is 2. The van der Waals surface area contributed by atoms with Crippen LogP contribution in [0.5, 0.6) is 0 Å². The average molecular weight is 554 g/mol. The van der Waals surface area contributed by atoms with Gasteiger partial charge in [-0.2, -0.15) is 0 Å². The fourth-order valence-corrected chi connectivity index (χ4v) is 6.79. The van der Waals surface area contributed by atoms with Crippen molar-refractivity contribution in [3.8, 4) is 0 Å². The van der Waals surface area contributed by atoms with E-state index in [0.717, 1.165) is 33.7 Å². The summed E-state index contributed by atoms with van der Waals surface area (Å²) in [6.45, 7) is 5.42. The van der Waals surface area contributed by atoms with Crippen molar-refractivity contribution in [2.24, 2.45) is 0 Å². The summed E-state index contributed by atoms with van der Waals surface area (Å²) in [6, 6.07) is 15.1. The lowest BCUT2D eigenvalue weighted by molar-refractivity contribution is -0.149. The van der Waals surface area contributed by atoms with Crippen LogP contribution in [-0.4, -0.2) is 45.4 Å². The number of aromatic nitrogens is 2. The normalized spacial score (nSPS) is 24.8. The maximum Gasteiger partial charge on any atom is 0.244 e. The first kappa shape index (κ1) is 25.7. The molecule has 208 valence electrons. The van der Waals surface area contributed by atoms with Gasteiger partial charge in [0.2, 0.25) is 11.8 Å². The molecule has 2 aromatic heterocycles. The molecular formula is C32H29F2N5O2. The van der Waals surface area contributed by atoms with E-state index in [2.05, 4.69) is 27.4 Å². The second-order valence-electron chi connectivity index (χ2n) is 12.1. The number of fused-ring (bicyclic) bond motifs is 4. The third-order valence-electron chi connectivity index (χ3n) is 9.14. The van der Waals surface area contributed by atoms with Gasteiger partial charge >= 0.3 is 0 Å². The molecule has 3 aliphatic rings. The Balaban J connectivity index is 1.31. The molecule has 1 aliphatic carbocycles. The highest BCUT2D eigenvalue weighted by molar-refractivity contribution is 6.08. The smallest absolute Gasteiger partial charge is 0.244 e. The van der Waals surface area contributed by atoms with E-state index < -0.39 is 28.1 Å². The molecule has 1 spiro atoms. The Hall–Kier alpha value is -4.24. The quantitative estimate of drug-likeness (QED) is 0.408. The summed E-state index contributed by atoms with van der Waals surface area (Å²) < 4.78 is 28.8. The minimum absolute atomic E-state index is 0.108. The lowest BCUT2D eigenvalue weighted by atomic mass is 9.79. The lowest BCUT2D eigenvalue weighted by Gasteiger charge is -2.51. The molecule has 4 aromatic rings. The van der Waals surface area contributed by atoms with Crippen molar-refractivity contribution in [2.75, 3.05) is 18.1 Å². The first-order valence-electron chi connectivity index (χ1n) is 13.7. The van der Waals surface area contributed by atoms with Gasteiger partial charge in [0, 0.05) is 36.0 Å². The van der Waals surface area contributed by atoms with Crippen LogP contribution >= 0.6 is 0 Å². The molecule has 0 saturated carbocycles. The van der Waals surface area contributed by atoms with Gasteiger partial charge in [0.05, 0.1) is 22.0 Å². The second-order valence-corrected chi connectivity index (χ2v) is 12.1. The van der Waals surface area contributed by atoms with Crippen LogP contribution in [0.15, 0.2) is 67.0 Å². The minimum atomic E-state index is -1.14. The van der Waals surface area contributed by atoms with Crippen LogP contribution in [0.25, 0.3) is 10.9 Å². The number of amides is 2. The Kier molecular flexibility index (Phi) is 5.41. The van der Waals surface area contributed by atoms with Gasteiger partial charge in [-0.05, 0) is 86.7 Å². The van der Waals surface area contributed by atoms with Crippen molar-refractivity contribution < 1.29 is 18.4 Å². The number of anilines is 1. The van der Waals surface area contributed by atoms with Crippen LogP contribution in [0, 0.1) is 11.6 Å². The van der Waals surface area contributed by atoms with Crippen LogP contribution in [0.2, 0.25) is 0 Å². The van der Waals surface area contributed by atoms with E-state index in [9.17, 15) is 18.4 Å². The molecule has 7 nitrogen and oxygen atoms in total. The zero-order chi connectivity index (χ0) is 28.7. The Morgan fingerprint density at radius 1 is 0.878 bits per heavy atom. The third kappa shape index (κ3) is 3.71. The number of nitrogens with zero attached hydrogens (tertiary/aromatic N) is 4. The highest BCUT2D eigenvalue weighted by atomic mass is 19.1. The molecule has 2 atom stereocenters. The Morgan fingerprint density at radius 2 is 1.56 bits per heavy atom. The van der Waals surface area contributed by atoms with Gasteiger partial charge < -0.3 is 10.2 Å². The fourth-order valence-electron chi connectivity index (χ4n) is 6.79. The number of pyridine rings is 2. The summed E-state index contributed by atoms with van der Waals surface area (Å²) in [6.07, 6.45) is 4.41. The Bertz CT molecular complexity index is 1710. The maximum absolute atomic E-state index is 14.5. The largest absolute Gasteiger partial charge is 0.312 e. The molecule has 0 radical (unpaired) electrons. The molecule has 0 unspecified atom stereocenters. The molecule has 7 rings (SSSR count). The first-order valence-corrected chi connectivity index (χ1v) is 13.7. The predicted octanol–water partition coefficient (Wildman–Crippen LogP) is 4.37. The number of carbonyl (C=O) groups excluding carboxylic acids is 2. The molecule has 1 fully saturated rings. The first-order chi connectivity index (χ1) is 19.5. The molecular weight excluding hydrogens is 524 g/mol. The molecule has 9 heteroatoms. The van der Waals surface area contributed by atoms with E-state index in [0.29, 0.717) is 24.2 Å². The van der Waals surface area contributed by atoms with Crippen LogP contribution in [0.1, 0.15) is 43.0 Å².